The van der Waals surface area contributed by atoms with Crippen LogP contribution in [0.4, 0.5) is 0 Å². The fraction of sp³-hybridized carbons (Fsp3) is 0.598. The topological polar surface area (TPSA) is 108 Å². The number of esters is 2. The van der Waals surface area contributed by atoms with Gasteiger partial charge in [-0.1, -0.05) is 342 Å². The van der Waals surface area contributed by atoms with Crippen LogP contribution in [0.15, 0.2) is 207 Å². The maximum absolute atomic E-state index is 13.0. The monoisotopic (exact) mass is 1400 g/mol. The molecule has 0 aromatic heterocycles. The first-order chi connectivity index (χ1) is 49.6. The summed E-state index contributed by atoms with van der Waals surface area (Å²) < 4.78 is 23.0. The number of unbranched alkanes of at least 4 members (excludes halogenated alkanes) is 23. The van der Waals surface area contributed by atoms with Gasteiger partial charge in [-0.3, -0.25) is 9.59 Å². The SMILES string of the molecule is CC/C=C\C/C=C\C/C=C\C/C=C\C/C=C\C/C=C\C/C=C\C/C=C\C/C=C\C/C=C\C/C=C\CCCCCCCC(=O)OC(COC(=O)CCCCCCCCCCCCCCCCCCCC/C=C\C/C=C\C/C=C\C/C=C\C/C=C\C/C=C\CC)COC(OCC[N+](C)(C)C)C(=O)O. The lowest BCUT2D eigenvalue weighted by atomic mass is 10.0. The van der Waals surface area contributed by atoms with Crippen LogP contribution < -0.4 is 0 Å². The van der Waals surface area contributed by atoms with E-state index < -0.39 is 24.3 Å². The average molecular weight is 1400 g/mol. The van der Waals surface area contributed by atoms with Crippen LogP contribution in [0.2, 0.25) is 0 Å². The molecule has 9 nitrogen and oxygen atoms in total. The zero-order chi connectivity index (χ0) is 73.2. The highest BCUT2D eigenvalue weighted by molar-refractivity contribution is 5.71. The molecule has 0 bridgehead atoms. The lowest BCUT2D eigenvalue weighted by Crippen LogP contribution is -2.40. The van der Waals surface area contributed by atoms with Crippen LogP contribution in [-0.4, -0.2) is 87.4 Å². The highest BCUT2D eigenvalue weighted by Crippen LogP contribution is 2.17. The number of allylic oxidation sites excluding steroid dienone is 34. The van der Waals surface area contributed by atoms with Gasteiger partial charge in [0.1, 0.15) is 13.2 Å². The van der Waals surface area contributed by atoms with E-state index in [0.29, 0.717) is 17.4 Å². The van der Waals surface area contributed by atoms with Crippen molar-refractivity contribution in [3.8, 4) is 0 Å². The van der Waals surface area contributed by atoms with Crippen molar-refractivity contribution in [3.05, 3.63) is 207 Å². The van der Waals surface area contributed by atoms with E-state index in [-0.39, 0.29) is 38.6 Å². The van der Waals surface area contributed by atoms with Crippen LogP contribution >= 0.6 is 0 Å². The Labute approximate surface area is 620 Å². The van der Waals surface area contributed by atoms with Crippen LogP contribution in [0.5, 0.6) is 0 Å². The molecule has 0 fully saturated rings. The van der Waals surface area contributed by atoms with Gasteiger partial charge in [0, 0.05) is 12.8 Å². The number of hydrogen-bond donors (Lipinski definition) is 1. The van der Waals surface area contributed by atoms with Gasteiger partial charge in [-0.15, -0.1) is 0 Å². The predicted molar refractivity (Wildman–Crippen MR) is 437 cm³/mol. The molecule has 0 radical (unpaired) electrons. The molecule has 0 rings (SSSR count). The zero-order valence-electron chi connectivity index (χ0n) is 65.0. The maximum Gasteiger partial charge on any atom is 0.361 e. The number of likely N-dealkylation sites (N-methyl/N-ethyl adjacent to an activating group) is 1. The summed E-state index contributed by atoms with van der Waals surface area (Å²) in [5.74, 6) is -2.04. The van der Waals surface area contributed by atoms with Crippen molar-refractivity contribution in [2.45, 2.75) is 309 Å². The second-order valence-corrected chi connectivity index (χ2v) is 27.3. The first-order valence-corrected chi connectivity index (χ1v) is 40.2. The van der Waals surface area contributed by atoms with Gasteiger partial charge < -0.3 is 28.5 Å². The van der Waals surface area contributed by atoms with Crippen molar-refractivity contribution in [1.29, 1.82) is 0 Å². The number of quaternary nitrogens is 1. The quantitative estimate of drug-likeness (QED) is 0.0211. The van der Waals surface area contributed by atoms with E-state index in [4.69, 9.17) is 18.9 Å². The fourth-order valence-electron chi connectivity index (χ4n) is 10.5. The number of ether oxygens (including phenoxy) is 4. The number of nitrogens with zero attached hydrogens (tertiary/aromatic N) is 1. The van der Waals surface area contributed by atoms with Crippen molar-refractivity contribution in [2.75, 3.05) is 47.5 Å². The second-order valence-electron chi connectivity index (χ2n) is 27.3. The predicted octanol–water partition coefficient (Wildman–Crippen LogP) is 26.3. The Bertz CT molecular complexity index is 2420. The molecule has 101 heavy (non-hydrogen) atoms. The first-order valence-electron chi connectivity index (χ1n) is 40.2. The van der Waals surface area contributed by atoms with Crippen LogP contribution in [0.25, 0.3) is 0 Å². The summed E-state index contributed by atoms with van der Waals surface area (Å²) >= 11 is 0. The molecule has 0 spiro atoms. The summed E-state index contributed by atoms with van der Waals surface area (Å²) in [5.41, 5.74) is 0. The van der Waals surface area contributed by atoms with Gasteiger partial charge in [-0.2, -0.15) is 0 Å². The summed E-state index contributed by atoms with van der Waals surface area (Å²) in [5, 5.41) is 9.78. The van der Waals surface area contributed by atoms with Gasteiger partial charge in [0.2, 0.25) is 0 Å². The number of carbonyl (C=O) groups excluding carboxylic acids is 2. The number of hydrogen-bond acceptors (Lipinski definition) is 7. The Morgan fingerprint density at radius 2 is 0.535 bits per heavy atom. The molecule has 0 saturated carbocycles. The Kier molecular flexibility index (Phi) is 74.7. The molecule has 568 valence electrons. The van der Waals surface area contributed by atoms with Crippen LogP contribution in [0.3, 0.4) is 0 Å². The average Bonchev–Trinajstić information content (AvgIpc) is 1.21. The largest absolute Gasteiger partial charge is 0.477 e. The zero-order valence-corrected chi connectivity index (χ0v) is 65.0. The van der Waals surface area contributed by atoms with E-state index in [2.05, 4.69) is 220 Å². The molecule has 9 heteroatoms. The van der Waals surface area contributed by atoms with Gasteiger partial charge in [0.25, 0.3) is 6.29 Å². The highest BCUT2D eigenvalue weighted by Gasteiger charge is 2.25. The third-order valence-corrected chi connectivity index (χ3v) is 16.5. The molecule has 0 aromatic carbocycles. The third-order valence-electron chi connectivity index (χ3n) is 16.5. The minimum absolute atomic E-state index is 0.174. The second kappa shape index (κ2) is 79.6. The number of carboxylic acid groups (broad SMARTS) is 1. The van der Waals surface area contributed by atoms with Gasteiger partial charge in [0.05, 0.1) is 34.4 Å². The number of rotatable bonds is 72. The summed E-state index contributed by atoms with van der Waals surface area (Å²) in [6.45, 7) is 4.62. The van der Waals surface area contributed by atoms with Crippen molar-refractivity contribution in [2.24, 2.45) is 0 Å². The van der Waals surface area contributed by atoms with Crippen LogP contribution in [0.1, 0.15) is 296 Å². The normalized spacial score (nSPS) is 13.8. The van der Waals surface area contributed by atoms with Crippen molar-refractivity contribution >= 4 is 17.9 Å². The number of carboxylic acids is 1. The maximum atomic E-state index is 13.0. The summed E-state index contributed by atoms with van der Waals surface area (Å²) in [7, 11) is 5.97. The lowest BCUT2D eigenvalue weighted by Gasteiger charge is -2.25. The Morgan fingerprint density at radius 1 is 0.297 bits per heavy atom. The van der Waals surface area contributed by atoms with E-state index in [1.165, 1.54) is 103 Å². The molecule has 0 aliphatic rings. The Balaban J connectivity index is 4.14. The van der Waals surface area contributed by atoms with E-state index >= 15 is 0 Å². The molecule has 0 amide bonds. The molecule has 0 heterocycles. The van der Waals surface area contributed by atoms with Gasteiger partial charge >= 0.3 is 17.9 Å². The Hall–Kier alpha value is -6.13. The standard InChI is InChI=1S/C92H147NO8/c1-6-8-10-12-14-16-18-20-22-24-26-28-30-32-34-36-38-40-42-44-45-47-49-51-53-55-57-59-61-63-65-67-69-71-73-75-77-79-81-83-90(95)101-88(87-100-92(91(96)97)98-85-84-93(3,4)5)86-99-89(94)82-80-78-76-74-72-70-68-66-64-62-60-58-56-54-52-50-48-46-43-41-39-37-35-33-31-29-27-25-23-21-19-17-15-13-11-9-7-2/h8-11,14-17,20-23,26-29,32-35,38-41,44-45,49,51,55,57,61,63,67,69,88,92H,6-7,12-13,18-19,24-25,30-31,36-37,42-43,46-48,50,52-54,56,58-60,62,64-66,68,70-87H2,1-5H3/p+1/b10-8-,11-9-,16-14-,17-15-,22-20-,23-21-,28-26-,29-27-,34-32-,35-33-,40-38-,41-39-,45-44-,51-49-,57-55-,63-61-,69-67-. The van der Waals surface area contributed by atoms with E-state index in [1.807, 2.05) is 21.1 Å². The summed E-state index contributed by atoms with van der Waals surface area (Å²) in [6, 6.07) is 0. The van der Waals surface area contributed by atoms with Crippen molar-refractivity contribution in [1.82, 2.24) is 0 Å². The third kappa shape index (κ3) is 81.0. The molecule has 2 atom stereocenters. The van der Waals surface area contributed by atoms with E-state index in [9.17, 15) is 19.5 Å². The molecule has 0 aliphatic heterocycles. The highest BCUT2D eigenvalue weighted by atomic mass is 16.7. The van der Waals surface area contributed by atoms with Crippen molar-refractivity contribution < 1.29 is 42.9 Å². The molecular formula is C92H148NO8+. The van der Waals surface area contributed by atoms with Crippen molar-refractivity contribution in [3.63, 3.8) is 0 Å². The molecule has 2 unspecified atom stereocenters. The molecular weight excluding hydrogens is 1250 g/mol. The molecule has 0 aromatic rings. The van der Waals surface area contributed by atoms with Crippen LogP contribution in [0, 0.1) is 0 Å². The molecule has 0 aliphatic carbocycles. The lowest BCUT2D eigenvalue weighted by molar-refractivity contribution is -0.870. The minimum Gasteiger partial charge on any atom is -0.477 e. The fourth-order valence-corrected chi connectivity index (χ4v) is 10.5. The smallest absolute Gasteiger partial charge is 0.361 e. The van der Waals surface area contributed by atoms with Gasteiger partial charge in [-0.05, 0) is 148 Å². The van der Waals surface area contributed by atoms with E-state index in [0.717, 1.165) is 161 Å². The van der Waals surface area contributed by atoms with Crippen LogP contribution in [-0.2, 0) is 33.3 Å². The summed E-state index contributed by atoms with van der Waals surface area (Å²) in [4.78, 5) is 37.8. The Morgan fingerprint density at radius 3 is 0.792 bits per heavy atom. The van der Waals surface area contributed by atoms with Gasteiger partial charge in [0.15, 0.2) is 6.10 Å². The number of aliphatic carboxylic acids is 1. The molecule has 1 N–H and O–H groups in total. The molecule has 0 saturated heterocycles. The number of carbonyl (C=O) groups is 3. The van der Waals surface area contributed by atoms with E-state index in [1.54, 1.807) is 0 Å². The minimum atomic E-state index is -1.53. The first kappa shape index (κ1) is 94.9. The van der Waals surface area contributed by atoms with Gasteiger partial charge in [-0.25, -0.2) is 4.79 Å². The summed E-state index contributed by atoms with van der Waals surface area (Å²) in [6.07, 6.45) is 121.